The fraction of sp³-hybridized carbons (Fsp3) is 0.158. The molecule has 1 aliphatic heterocycles. The third-order valence-corrected chi connectivity index (χ3v) is 4.21. The standard InChI is InChI=1S/C19H18N4O/c1-13-6-8-14(9-7-13)18-11-17(22-19-20-12-21-23(18)19)15-4-3-5-16(10-15)24-2/h3-12,18H,1-2H3,(H,20,21,22)/t18-/m1/s1. The summed E-state index contributed by atoms with van der Waals surface area (Å²) in [6.07, 6.45) is 3.74. The number of aryl methyl sites for hydroxylation is 1. The Hall–Kier alpha value is -3.08. The van der Waals surface area contributed by atoms with Gasteiger partial charge in [-0.15, -0.1) is 0 Å². The number of anilines is 1. The quantitative estimate of drug-likeness (QED) is 0.801. The fourth-order valence-corrected chi connectivity index (χ4v) is 2.89. The Morgan fingerprint density at radius 1 is 1.12 bits per heavy atom. The number of methoxy groups -OCH3 is 1. The van der Waals surface area contributed by atoms with Crippen LogP contribution < -0.4 is 10.1 Å². The zero-order chi connectivity index (χ0) is 16.5. The van der Waals surface area contributed by atoms with Crippen molar-refractivity contribution in [3.05, 3.63) is 77.6 Å². The third kappa shape index (κ3) is 2.54. The van der Waals surface area contributed by atoms with Crippen molar-refractivity contribution >= 4 is 11.6 Å². The molecule has 0 fully saturated rings. The lowest BCUT2D eigenvalue weighted by molar-refractivity contribution is 0.414. The smallest absolute Gasteiger partial charge is 0.226 e. The van der Waals surface area contributed by atoms with Crippen molar-refractivity contribution in [1.82, 2.24) is 14.8 Å². The SMILES string of the molecule is COc1cccc(C2=C[C@H](c3ccc(C)cc3)n3ncnc3N2)c1. The van der Waals surface area contributed by atoms with Crippen molar-refractivity contribution in [3.63, 3.8) is 0 Å². The van der Waals surface area contributed by atoms with Gasteiger partial charge in [-0.1, -0.05) is 42.0 Å². The number of nitrogens with one attached hydrogen (secondary N) is 1. The Balaban J connectivity index is 1.79. The Bertz CT molecular complexity index is 896. The van der Waals surface area contributed by atoms with Gasteiger partial charge in [0.2, 0.25) is 5.95 Å². The summed E-state index contributed by atoms with van der Waals surface area (Å²) in [5.74, 6) is 1.56. The first-order valence-electron chi connectivity index (χ1n) is 7.84. The first kappa shape index (κ1) is 14.5. The average Bonchev–Trinajstić information content (AvgIpc) is 3.10. The van der Waals surface area contributed by atoms with Gasteiger partial charge in [-0.3, -0.25) is 0 Å². The second-order valence-electron chi connectivity index (χ2n) is 5.82. The van der Waals surface area contributed by atoms with E-state index in [1.165, 1.54) is 11.1 Å². The van der Waals surface area contributed by atoms with Gasteiger partial charge in [0.15, 0.2) is 0 Å². The Morgan fingerprint density at radius 2 is 1.96 bits per heavy atom. The van der Waals surface area contributed by atoms with Crippen LogP contribution in [0.25, 0.3) is 5.70 Å². The molecule has 2 heterocycles. The first-order chi connectivity index (χ1) is 11.7. The van der Waals surface area contributed by atoms with E-state index in [1.54, 1.807) is 13.4 Å². The van der Waals surface area contributed by atoms with Gasteiger partial charge < -0.3 is 10.1 Å². The van der Waals surface area contributed by atoms with Gasteiger partial charge in [-0.2, -0.15) is 10.1 Å². The van der Waals surface area contributed by atoms with Crippen molar-refractivity contribution < 1.29 is 4.74 Å². The molecule has 1 N–H and O–H groups in total. The van der Waals surface area contributed by atoms with E-state index in [-0.39, 0.29) is 6.04 Å². The lowest BCUT2D eigenvalue weighted by Crippen LogP contribution is -2.20. The summed E-state index contributed by atoms with van der Waals surface area (Å²) in [6.45, 7) is 2.09. The number of nitrogens with zero attached hydrogens (tertiary/aromatic N) is 3. The molecular weight excluding hydrogens is 300 g/mol. The van der Waals surface area contributed by atoms with Crippen molar-refractivity contribution in [1.29, 1.82) is 0 Å². The molecule has 1 aliphatic rings. The van der Waals surface area contributed by atoms with Crippen LogP contribution in [0.5, 0.6) is 5.75 Å². The molecule has 1 atom stereocenters. The molecule has 0 radical (unpaired) electrons. The van der Waals surface area contributed by atoms with E-state index < -0.39 is 0 Å². The summed E-state index contributed by atoms with van der Waals surface area (Å²) in [6, 6.07) is 16.5. The minimum Gasteiger partial charge on any atom is -0.497 e. The molecule has 24 heavy (non-hydrogen) atoms. The average molecular weight is 318 g/mol. The molecule has 0 aliphatic carbocycles. The molecule has 3 aromatic rings. The molecule has 1 aromatic heterocycles. The Labute approximate surface area is 140 Å². The van der Waals surface area contributed by atoms with E-state index >= 15 is 0 Å². The molecule has 0 spiro atoms. The predicted molar refractivity (Wildman–Crippen MR) is 93.9 cm³/mol. The van der Waals surface area contributed by atoms with Crippen molar-refractivity contribution in [3.8, 4) is 5.75 Å². The summed E-state index contributed by atoms with van der Waals surface area (Å²) < 4.78 is 7.23. The number of aromatic nitrogens is 3. The van der Waals surface area contributed by atoms with Crippen LogP contribution in [-0.4, -0.2) is 21.9 Å². The van der Waals surface area contributed by atoms with Crippen LogP contribution in [0.1, 0.15) is 22.7 Å². The molecule has 2 aromatic carbocycles. The maximum Gasteiger partial charge on any atom is 0.226 e. The molecule has 0 saturated heterocycles. The second kappa shape index (κ2) is 5.85. The number of allylic oxidation sites excluding steroid dienone is 1. The van der Waals surface area contributed by atoms with Crippen LogP contribution in [0, 0.1) is 6.92 Å². The highest BCUT2D eigenvalue weighted by molar-refractivity contribution is 5.77. The molecule has 0 amide bonds. The molecule has 0 saturated carbocycles. The van der Waals surface area contributed by atoms with Crippen LogP contribution in [0.3, 0.4) is 0 Å². The molecule has 0 unspecified atom stereocenters. The first-order valence-corrected chi connectivity index (χ1v) is 7.84. The van der Waals surface area contributed by atoms with Crippen LogP contribution in [-0.2, 0) is 0 Å². The Morgan fingerprint density at radius 3 is 2.75 bits per heavy atom. The number of hydrogen-bond acceptors (Lipinski definition) is 4. The summed E-state index contributed by atoms with van der Waals surface area (Å²) in [4.78, 5) is 4.34. The van der Waals surface area contributed by atoms with E-state index in [4.69, 9.17) is 4.74 Å². The van der Waals surface area contributed by atoms with E-state index in [9.17, 15) is 0 Å². The second-order valence-corrected chi connectivity index (χ2v) is 5.82. The van der Waals surface area contributed by atoms with E-state index in [0.717, 1.165) is 23.0 Å². The number of fused-ring (bicyclic) bond motifs is 1. The maximum absolute atomic E-state index is 5.34. The largest absolute Gasteiger partial charge is 0.497 e. The lowest BCUT2D eigenvalue weighted by Gasteiger charge is -2.24. The van der Waals surface area contributed by atoms with Gasteiger partial charge in [0.05, 0.1) is 7.11 Å². The highest BCUT2D eigenvalue weighted by Crippen LogP contribution is 2.32. The van der Waals surface area contributed by atoms with E-state index in [2.05, 4.69) is 58.7 Å². The predicted octanol–water partition coefficient (Wildman–Crippen LogP) is 3.65. The fourth-order valence-electron chi connectivity index (χ4n) is 2.89. The maximum atomic E-state index is 5.34. The van der Waals surface area contributed by atoms with Crippen molar-refractivity contribution in [2.75, 3.05) is 12.4 Å². The zero-order valence-corrected chi connectivity index (χ0v) is 13.6. The number of rotatable bonds is 3. The van der Waals surface area contributed by atoms with Gasteiger partial charge in [0.25, 0.3) is 0 Å². The highest BCUT2D eigenvalue weighted by Gasteiger charge is 2.23. The minimum absolute atomic E-state index is 0.00514. The minimum atomic E-state index is 0.00514. The summed E-state index contributed by atoms with van der Waals surface area (Å²) in [5, 5.41) is 7.72. The topological polar surface area (TPSA) is 52.0 Å². The molecular formula is C19H18N4O. The monoisotopic (exact) mass is 318 g/mol. The Kier molecular flexibility index (Phi) is 3.54. The third-order valence-electron chi connectivity index (χ3n) is 4.21. The van der Waals surface area contributed by atoms with Gasteiger partial charge in [-0.25, -0.2) is 4.68 Å². The van der Waals surface area contributed by atoms with Crippen LogP contribution in [0.2, 0.25) is 0 Å². The summed E-state index contributed by atoms with van der Waals surface area (Å²) >= 11 is 0. The highest BCUT2D eigenvalue weighted by atomic mass is 16.5. The van der Waals surface area contributed by atoms with E-state index in [1.807, 2.05) is 22.9 Å². The molecule has 5 nitrogen and oxygen atoms in total. The number of hydrogen-bond donors (Lipinski definition) is 1. The van der Waals surface area contributed by atoms with Crippen molar-refractivity contribution in [2.45, 2.75) is 13.0 Å². The normalized spacial score (nSPS) is 16.1. The van der Waals surface area contributed by atoms with Crippen LogP contribution in [0.15, 0.2) is 60.9 Å². The zero-order valence-electron chi connectivity index (χ0n) is 13.6. The number of benzene rings is 2. The van der Waals surface area contributed by atoms with Gasteiger partial charge in [-0.05, 0) is 30.7 Å². The molecule has 4 rings (SSSR count). The lowest BCUT2D eigenvalue weighted by atomic mass is 10.0. The summed E-state index contributed by atoms with van der Waals surface area (Å²) in [7, 11) is 1.67. The van der Waals surface area contributed by atoms with Gasteiger partial charge in [0, 0.05) is 11.3 Å². The summed E-state index contributed by atoms with van der Waals surface area (Å²) in [5.41, 5.74) is 4.47. The van der Waals surface area contributed by atoms with Gasteiger partial charge in [0.1, 0.15) is 18.1 Å². The number of ether oxygens (including phenoxy) is 1. The molecule has 5 heteroatoms. The van der Waals surface area contributed by atoms with Crippen LogP contribution in [0.4, 0.5) is 5.95 Å². The molecule has 120 valence electrons. The van der Waals surface area contributed by atoms with Crippen LogP contribution >= 0.6 is 0 Å². The molecule has 0 bridgehead atoms. The van der Waals surface area contributed by atoms with Gasteiger partial charge >= 0.3 is 0 Å². The van der Waals surface area contributed by atoms with E-state index in [0.29, 0.717) is 0 Å². The van der Waals surface area contributed by atoms with Crippen molar-refractivity contribution in [2.24, 2.45) is 0 Å².